The molecule has 5 rings (SSSR count). The first-order valence-electron chi connectivity index (χ1n) is 9.84. The summed E-state index contributed by atoms with van der Waals surface area (Å²) in [5.41, 5.74) is 3.47. The van der Waals surface area contributed by atoms with Gasteiger partial charge < -0.3 is 9.47 Å². The first kappa shape index (κ1) is 18.2. The average Bonchev–Trinajstić information content (AvgIpc) is 3.38. The van der Waals surface area contributed by atoms with Crippen LogP contribution >= 0.6 is 0 Å². The van der Waals surface area contributed by atoms with Crippen molar-refractivity contribution >= 4 is 23.6 Å². The second-order valence-corrected chi connectivity index (χ2v) is 7.26. The molecule has 2 aliphatic heterocycles. The molecule has 3 aromatic carbocycles. The van der Waals surface area contributed by atoms with Crippen molar-refractivity contribution in [2.75, 3.05) is 23.0 Å². The van der Waals surface area contributed by atoms with Gasteiger partial charge in [0.05, 0.1) is 12.1 Å². The number of amides is 2. The number of carbonyl (C=O) groups is 2. The van der Waals surface area contributed by atoms with Gasteiger partial charge in [0.25, 0.3) is 0 Å². The van der Waals surface area contributed by atoms with Crippen LogP contribution in [0, 0.1) is 0 Å². The Labute approximate surface area is 174 Å². The van der Waals surface area contributed by atoms with E-state index in [4.69, 9.17) is 9.47 Å². The number of hydrogen-bond donors (Lipinski definition) is 0. The number of rotatable bonds is 4. The standard InChI is InChI=1S/C24H20N2O4/c27-23-25(21(15-29-23)17-7-3-1-4-8-17)19-11-13-20(14-12-19)26-22(16-30-24(26)28)18-9-5-2-6-10-18/h1-14,21-22H,15-16H2. The summed E-state index contributed by atoms with van der Waals surface area (Å²) in [6.07, 6.45) is -0.751. The second-order valence-electron chi connectivity index (χ2n) is 7.26. The van der Waals surface area contributed by atoms with Crippen LogP contribution in [0.1, 0.15) is 23.2 Å². The first-order chi connectivity index (χ1) is 14.7. The van der Waals surface area contributed by atoms with Crippen molar-refractivity contribution in [1.29, 1.82) is 0 Å². The molecule has 2 aliphatic rings. The molecule has 0 aromatic heterocycles. The van der Waals surface area contributed by atoms with Crippen LogP contribution in [0.3, 0.4) is 0 Å². The van der Waals surface area contributed by atoms with Crippen LogP contribution in [0.5, 0.6) is 0 Å². The molecule has 2 atom stereocenters. The minimum absolute atomic E-state index is 0.182. The van der Waals surface area contributed by atoms with Gasteiger partial charge in [0, 0.05) is 11.4 Å². The number of benzene rings is 3. The molecule has 30 heavy (non-hydrogen) atoms. The van der Waals surface area contributed by atoms with Gasteiger partial charge in [-0.25, -0.2) is 9.59 Å². The van der Waals surface area contributed by atoms with Crippen LogP contribution in [0.25, 0.3) is 0 Å². The number of nitrogens with zero attached hydrogens (tertiary/aromatic N) is 2. The lowest BCUT2D eigenvalue weighted by atomic mass is 10.1. The topological polar surface area (TPSA) is 59.1 Å². The van der Waals surface area contributed by atoms with Crippen LogP contribution in [0.4, 0.5) is 21.0 Å². The summed E-state index contributed by atoms with van der Waals surface area (Å²) < 4.78 is 10.6. The lowest BCUT2D eigenvalue weighted by molar-refractivity contribution is 0.178. The summed E-state index contributed by atoms with van der Waals surface area (Å²) in [6.45, 7) is 0.609. The van der Waals surface area contributed by atoms with Crippen molar-refractivity contribution in [2.45, 2.75) is 12.1 Å². The molecule has 3 aromatic rings. The smallest absolute Gasteiger partial charge is 0.415 e. The zero-order valence-corrected chi connectivity index (χ0v) is 16.2. The lowest BCUT2D eigenvalue weighted by Gasteiger charge is -2.24. The normalized spacial score (nSPS) is 20.9. The maximum absolute atomic E-state index is 12.4. The molecule has 0 spiro atoms. The molecule has 0 bridgehead atoms. The van der Waals surface area contributed by atoms with E-state index in [0.29, 0.717) is 13.2 Å². The third-order valence-electron chi connectivity index (χ3n) is 5.52. The van der Waals surface area contributed by atoms with Gasteiger partial charge in [-0.3, -0.25) is 9.80 Å². The molecule has 0 aliphatic carbocycles. The number of ether oxygens (including phenoxy) is 2. The molecule has 2 heterocycles. The number of anilines is 2. The largest absolute Gasteiger partial charge is 0.447 e. The van der Waals surface area contributed by atoms with Crippen LogP contribution in [-0.4, -0.2) is 25.4 Å². The maximum atomic E-state index is 12.4. The molecule has 6 nitrogen and oxygen atoms in total. The predicted octanol–water partition coefficient (Wildman–Crippen LogP) is 5.08. The fourth-order valence-electron chi connectivity index (χ4n) is 4.03. The highest BCUT2D eigenvalue weighted by atomic mass is 16.6. The number of cyclic esters (lactones) is 2. The number of carbonyl (C=O) groups excluding carboxylic acids is 2. The highest BCUT2D eigenvalue weighted by Gasteiger charge is 2.37. The Kier molecular flexibility index (Phi) is 4.59. The molecule has 2 amide bonds. The molecular weight excluding hydrogens is 380 g/mol. The van der Waals surface area contributed by atoms with E-state index in [1.54, 1.807) is 9.80 Å². The van der Waals surface area contributed by atoms with E-state index in [2.05, 4.69) is 0 Å². The van der Waals surface area contributed by atoms with E-state index in [1.807, 2.05) is 84.9 Å². The van der Waals surface area contributed by atoms with E-state index in [0.717, 1.165) is 22.5 Å². The lowest BCUT2D eigenvalue weighted by Crippen LogP contribution is -2.28. The Morgan fingerprint density at radius 1 is 0.567 bits per heavy atom. The van der Waals surface area contributed by atoms with Gasteiger partial charge in [0.15, 0.2) is 0 Å². The Morgan fingerprint density at radius 2 is 0.933 bits per heavy atom. The molecule has 2 unspecified atom stereocenters. The summed E-state index contributed by atoms with van der Waals surface area (Å²) in [6, 6.07) is 26.6. The van der Waals surface area contributed by atoms with E-state index >= 15 is 0 Å². The van der Waals surface area contributed by atoms with Gasteiger partial charge in [-0.15, -0.1) is 0 Å². The summed E-state index contributed by atoms with van der Waals surface area (Å²) in [5.74, 6) is 0. The first-order valence-corrected chi connectivity index (χ1v) is 9.84. The minimum Gasteiger partial charge on any atom is -0.447 e. The van der Waals surface area contributed by atoms with E-state index in [1.165, 1.54) is 0 Å². The summed E-state index contributed by atoms with van der Waals surface area (Å²) in [5, 5.41) is 0. The van der Waals surface area contributed by atoms with Crippen molar-refractivity contribution in [2.24, 2.45) is 0 Å². The Hall–Kier alpha value is -3.80. The highest BCUT2D eigenvalue weighted by molar-refractivity contribution is 5.93. The van der Waals surface area contributed by atoms with E-state index in [-0.39, 0.29) is 24.3 Å². The zero-order valence-electron chi connectivity index (χ0n) is 16.2. The highest BCUT2D eigenvalue weighted by Crippen LogP contribution is 2.37. The van der Waals surface area contributed by atoms with Gasteiger partial charge in [-0.2, -0.15) is 0 Å². The van der Waals surface area contributed by atoms with Crippen molar-refractivity contribution in [3.63, 3.8) is 0 Å². The van der Waals surface area contributed by atoms with Gasteiger partial charge in [0.2, 0.25) is 0 Å². The quantitative estimate of drug-likeness (QED) is 0.613. The maximum Gasteiger partial charge on any atom is 0.415 e. The van der Waals surface area contributed by atoms with Gasteiger partial charge >= 0.3 is 12.2 Å². The molecule has 2 saturated heterocycles. The van der Waals surface area contributed by atoms with E-state index in [9.17, 15) is 9.59 Å². The van der Waals surface area contributed by atoms with E-state index < -0.39 is 0 Å². The molecule has 6 heteroatoms. The Morgan fingerprint density at radius 3 is 1.30 bits per heavy atom. The molecular formula is C24H20N2O4. The van der Waals surface area contributed by atoms with Crippen molar-refractivity contribution in [3.05, 3.63) is 96.1 Å². The van der Waals surface area contributed by atoms with Crippen LogP contribution in [0.15, 0.2) is 84.9 Å². The second kappa shape index (κ2) is 7.55. The van der Waals surface area contributed by atoms with Crippen LogP contribution < -0.4 is 9.80 Å². The zero-order chi connectivity index (χ0) is 20.5. The Balaban J connectivity index is 1.44. The predicted molar refractivity (Wildman–Crippen MR) is 112 cm³/mol. The summed E-state index contributed by atoms with van der Waals surface area (Å²) >= 11 is 0. The minimum atomic E-state index is -0.376. The molecule has 0 radical (unpaired) electrons. The number of hydrogen-bond acceptors (Lipinski definition) is 4. The molecule has 150 valence electrons. The van der Waals surface area contributed by atoms with Gasteiger partial charge in [-0.1, -0.05) is 60.7 Å². The Bertz CT molecular complexity index is 967. The van der Waals surface area contributed by atoms with Crippen LogP contribution in [-0.2, 0) is 9.47 Å². The fourth-order valence-corrected chi connectivity index (χ4v) is 4.03. The molecule has 2 fully saturated rings. The fraction of sp³-hybridized carbons (Fsp3) is 0.167. The van der Waals surface area contributed by atoms with Gasteiger partial charge in [0.1, 0.15) is 13.2 Å². The summed E-state index contributed by atoms with van der Waals surface area (Å²) in [7, 11) is 0. The average molecular weight is 400 g/mol. The van der Waals surface area contributed by atoms with Gasteiger partial charge in [-0.05, 0) is 35.4 Å². The third kappa shape index (κ3) is 3.16. The van der Waals surface area contributed by atoms with Crippen molar-refractivity contribution in [1.82, 2.24) is 0 Å². The molecule has 0 saturated carbocycles. The molecule has 0 N–H and O–H groups in total. The van der Waals surface area contributed by atoms with Crippen LogP contribution in [0.2, 0.25) is 0 Å². The van der Waals surface area contributed by atoms with Crippen molar-refractivity contribution < 1.29 is 19.1 Å². The summed E-state index contributed by atoms with van der Waals surface area (Å²) in [4.78, 5) is 28.1. The van der Waals surface area contributed by atoms with Crippen molar-refractivity contribution in [3.8, 4) is 0 Å². The SMILES string of the molecule is O=C1OCC(c2ccccc2)N1c1ccc(N2C(=O)OCC2c2ccccc2)cc1. The third-order valence-corrected chi connectivity index (χ3v) is 5.52. The monoisotopic (exact) mass is 400 g/mol.